The van der Waals surface area contributed by atoms with Gasteiger partial charge in [0.25, 0.3) is 0 Å². The normalized spacial score (nSPS) is 13.8. The molecule has 0 atom stereocenters. The maximum atomic E-state index is 6.28. The lowest BCUT2D eigenvalue weighted by atomic mass is 9.92. The van der Waals surface area contributed by atoms with E-state index in [4.69, 9.17) is 18.9 Å². The molecule has 0 spiro atoms. The van der Waals surface area contributed by atoms with Gasteiger partial charge in [0, 0.05) is 27.1 Å². The quantitative estimate of drug-likeness (QED) is 0.225. The second-order valence-corrected chi connectivity index (χ2v) is 14.3. The Morgan fingerprint density at radius 2 is 0.935 bits per heavy atom. The lowest BCUT2D eigenvalue weighted by Crippen LogP contribution is -2.33. The molecular weight excluding hydrogens is 544 g/mol. The minimum atomic E-state index is -0.283. The Labute approximate surface area is 211 Å². The van der Waals surface area contributed by atoms with Crippen LogP contribution in [0, 0.1) is 0 Å². The van der Waals surface area contributed by atoms with Crippen molar-refractivity contribution in [3.8, 4) is 0 Å². The minimum absolute atomic E-state index is 0.175. The zero-order chi connectivity index (χ0) is 24.1. The highest BCUT2D eigenvalue weighted by molar-refractivity contribution is 9.12. The summed E-state index contributed by atoms with van der Waals surface area (Å²) in [6.07, 6.45) is 3.36. The van der Waals surface area contributed by atoms with E-state index < -0.39 is 0 Å². The maximum Gasteiger partial charge on any atom is 0.0746 e. The van der Waals surface area contributed by atoms with Crippen molar-refractivity contribution in [2.24, 2.45) is 0 Å². The Balaban J connectivity index is 2.84. The standard InChI is InChI=1S/C24H42Br2O4S/c1-21(2,27-9)11-13-29-23(5,6)15-17-18(20(26)31-19(17)25)16-24(7,8)30-14-12-22(3,4)28-10/h11-16H2,1-10H3. The molecule has 0 bridgehead atoms. The average molecular weight is 586 g/mol. The molecule has 1 heterocycles. The first-order valence-electron chi connectivity index (χ1n) is 10.9. The molecule has 0 fully saturated rings. The van der Waals surface area contributed by atoms with Gasteiger partial charge in [-0.05, 0) is 111 Å². The highest BCUT2D eigenvalue weighted by atomic mass is 79.9. The monoisotopic (exact) mass is 584 g/mol. The fraction of sp³-hybridized carbons (Fsp3) is 0.833. The van der Waals surface area contributed by atoms with E-state index in [2.05, 4.69) is 87.2 Å². The molecule has 1 aromatic heterocycles. The largest absolute Gasteiger partial charge is 0.379 e. The molecule has 0 aliphatic carbocycles. The molecule has 31 heavy (non-hydrogen) atoms. The van der Waals surface area contributed by atoms with Crippen LogP contribution < -0.4 is 0 Å². The van der Waals surface area contributed by atoms with Crippen LogP contribution in [0.1, 0.15) is 79.4 Å². The molecule has 0 N–H and O–H groups in total. The first kappa shape index (κ1) is 29.5. The Morgan fingerprint density at radius 3 is 1.23 bits per heavy atom. The molecule has 4 nitrogen and oxygen atoms in total. The van der Waals surface area contributed by atoms with Gasteiger partial charge < -0.3 is 18.9 Å². The number of hydrogen-bond acceptors (Lipinski definition) is 5. The number of methoxy groups -OCH3 is 2. The van der Waals surface area contributed by atoms with E-state index in [-0.39, 0.29) is 22.4 Å². The third kappa shape index (κ3) is 10.5. The summed E-state index contributed by atoms with van der Waals surface area (Å²) in [6.45, 7) is 18.3. The molecule has 1 aromatic rings. The average Bonchev–Trinajstić information content (AvgIpc) is 2.87. The SMILES string of the molecule is COC(C)(C)CCOC(C)(C)Cc1c(Br)sc(Br)c1CC(C)(C)OCCC(C)(C)OC. The molecule has 0 amide bonds. The van der Waals surface area contributed by atoms with E-state index in [1.54, 1.807) is 25.6 Å². The minimum Gasteiger partial charge on any atom is -0.379 e. The van der Waals surface area contributed by atoms with Crippen LogP contribution >= 0.6 is 43.2 Å². The Bertz CT molecular complexity index is 639. The van der Waals surface area contributed by atoms with Crippen molar-refractivity contribution < 1.29 is 18.9 Å². The summed E-state index contributed by atoms with van der Waals surface area (Å²) < 4.78 is 25.9. The van der Waals surface area contributed by atoms with Crippen molar-refractivity contribution >= 4 is 43.2 Å². The van der Waals surface area contributed by atoms with Crippen LogP contribution in [0.15, 0.2) is 7.57 Å². The molecule has 0 aromatic carbocycles. The fourth-order valence-corrected chi connectivity index (χ4v) is 6.27. The van der Waals surface area contributed by atoms with Gasteiger partial charge in [-0.2, -0.15) is 0 Å². The van der Waals surface area contributed by atoms with Gasteiger partial charge in [0.1, 0.15) is 0 Å². The summed E-state index contributed by atoms with van der Waals surface area (Å²) in [4.78, 5) is 0. The highest BCUT2D eigenvalue weighted by Gasteiger charge is 2.30. The molecule has 182 valence electrons. The van der Waals surface area contributed by atoms with Gasteiger partial charge in [-0.25, -0.2) is 0 Å². The topological polar surface area (TPSA) is 36.9 Å². The van der Waals surface area contributed by atoms with Crippen LogP contribution in [0.3, 0.4) is 0 Å². The summed E-state index contributed by atoms with van der Waals surface area (Å²) in [7, 11) is 3.50. The lowest BCUT2D eigenvalue weighted by Gasteiger charge is -2.31. The first-order chi connectivity index (χ1) is 14.0. The maximum absolute atomic E-state index is 6.28. The van der Waals surface area contributed by atoms with Crippen molar-refractivity contribution in [3.63, 3.8) is 0 Å². The van der Waals surface area contributed by atoms with Gasteiger partial charge in [0.15, 0.2) is 0 Å². The van der Waals surface area contributed by atoms with E-state index >= 15 is 0 Å². The number of thiophene rings is 1. The molecular formula is C24H42Br2O4S. The third-order valence-corrected chi connectivity index (χ3v) is 8.50. The summed E-state index contributed by atoms with van der Waals surface area (Å²) in [6, 6.07) is 0. The van der Waals surface area contributed by atoms with Crippen LogP contribution in [0.25, 0.3) is 0 Å². The van der Waals surface area contributed by atoms with E-state index in [1.807, 2.05) is 0 Å². The van der Waals surface area contributed by atoms with Gasteiger partial charge in [-0.1, -0.05) is 0 Å². The first-order valence-corrected chi connectivity index (χ1v) is 13.3. The number of halogens is 2. The predicted molar refractivity (Wildman–Crippen MR) is 139 cm³/mol. The van der Waals surface area contributed by atoms with Crippen LogP contribution in [0.4, 0.5) is 0 Å². The Hall–Kier alpha value is 0.500. The van der Waals surface area contributed by atoms with Crippen LogP contribution in [0.2, 0.25) is 0 Å². The number of hydrogen-bond donors (Lipinski definition) is 0. The summed E-state index contributed by atoms with van der Waals surface area (Å²) in [5.74, 6) is 0. The lowest BCUT2D eigenvalue weighted by molar-refractivity contribution is -0.0602. The number of rotatable bonds is 14. The second-order valence-electron chi connectivity index (χ2n) is 10.6. The summed E-state index contributed by atoms with van der Waals surface area (Å²) in [5, 5.41) is 0. The molecule has 0 unspecified atom stereocenters. The van der Waals surface area contributed by atoms with E-state index in [0.717, 1.165) is 33.3 Å². The molecule has 0 saturated carbocycles. The smallest absolute Gasteiger partial charge is 0.0746 e. The summed E-state index contributed by atoms with van der Waals surface area (Å²) in [5.41, 5.74) is 1.67. The summed E-state index contributed by atoms with van der Waals surface area (Å²) >= 11 is 9.29. The van der Waals surface area contributed by atoms with Crippen LogP contribution in [-0.2, 0) is 31.8 Å². The van der Waals surface area contributed by atoms with E-state index in [0.29, 0.717) is 13.2 Å². The molecule has 7 heteroatoms. The van der Waals surface area contributed by atoms with Crippen LogP contribution in [0.5, 0.6) is 0 Å². The Morgan fingerprint density at radius 1 is 0.613 bits per heavy atom. The molecule has 1 rings (SSSR count). The van der Waals surface area contributed by atoms with E-state index in [9.17, 15) is 0 Å². The van der Waals surface area contributed by atoms with Gasteiger partial charge in [0.2, 0.25) is 0 Å². The van der Waals surface area contributed by atoms with Crippen molar-refractivity contribution in [2.45, 2.75) is 103 Å². The molecule has 0 aliphatic heterocycles. The number of ether oxygens (including phenoxy) is 4. The third-order valence-electron chi connectivity index (χ3n) is 5.72. The van der Waals surface area contributed by atoms with Crippen molar-refractivity contribution in [1.29, 1.82) is 0 Å². The second kappa shape index (κ2) is 11.8. The van der Waals surface area contributed by atoms with Crippen molar-refractivity contribution in [3.05, 3.63) is 18.7 Å². The predicted octanol–water partition coefficient (Wildman–Crippen LogP) is 7.58. The highest BCUT2D eigenvalue weighted by Crippen LogP contribution is 2.41. The Kier molecular flexibility index (Phi) is 11.2. The van der Waals surface area contributed by atoms with Crippen LogP contribution in [-0.4, -0.2) is 49.8 Å². The molecule has 0 saturated heterocycles. The molecule has 0 aliphatic rings. The van der Waals surface area contributed by atoms with Crippen molar-refractivity contribution in [2.75, 3.05) is 27.4 Å². The van der Waals surface area contributed by atoms with Gasteiger partial charge in [-0.15, -0.1) is 11.3 Å². The van der Waals surface area contributed by atoms with E-state index in [1.165, 1.54) is 11.1 Å². The van der Waals surface area contributed by atoms with Crippen molar-refractivity contribution in [1.82, 2.24) is 0 Å². The zero-order valence-electron chi connectivity index (χ0n) is 21.0. The van der Waals surface area contributed by atoms with Gasteiger partial charge in [-0.3, -0.25) is 0 Å². The zero-order valence-corrected chi connectivity index (χ0v) is 25.0. The van der Waals surface area contributed by atoms with Gasteiger partial charge >= 0.3 is 0 Å². The fourth-order valence-electron chi connectivity index (χ4n) is 3.10. The van der Waals surface area contributed by atoms with Gasteiger partial charge in [0.05, 0.1) is 43.2 Å². The molecule has 0 radical (unpaired) electrons.